The largest absolute Gasteiger partial charge is 0.365 e. The second-order valence-corrected chi connectivity index (χ2v) is 18.7. The fourth-order valence-corrected chi connectivity index (χ4v) is 8.58. The van der Waals surface area contributed by atoms with Gasteiger partial charge in [-0.05, 0) is 89.2 Å². The summed E-state index contributed by atoms with van der Waals surface area (Å²) in [6, 6.07) is 38.0. The maximum atomic E-state index is 5.73. The van der Waals surface area contributed by atoms with Crippen molar-refractivity contribution in [3.05, 3.63) is 125 Å². The third-order valence-electron chi connectivity index (χ3n) is 11.5. The van der Waals surface area contributed by atoms with Crippen LogP contribution in [0.15, 0.2) is 103 Å². The minimum atomic E-state index is -0.470. The van der Waals surface area contributed by atoms with Gasteiger partial charge in [0.25, 0.3) is 0 Å². The summed E-state index contributed by atoms with van der Waals surface area (Å²) in [4.78, 5) is 11.4. The third-order valence-corrected chi connectivity index (χ3v) is 11.5. The van der Waals surface area contributed by atoms with E-state index in [1.165, 1.54) is 54.8 Å². The summed E-state index contributed by atoms with van der Waals surface area (Å²) >= 11 is 0. The first-order valence-electron chi connectivity index (χ1n) is 19.0. The smallest absolute Gasteiger partial charge is 0.256 e. The van der Waals surface area contributed by atoms with Crippen molar-refractivity contribution < 1.29 is 4.57 Å². The molecule has 0 bridgehead atoms. The van der Waals surface area contributed by atoms with E-state index in [1.807, 2.05) is 0 Å². The molecule has 53 heavy (non-hydrogen) atoms. The number of hydrogen-bond acceptors (Lipinski definition) is 2. The van der Waals surface area contributed by atoms with E-state index in [1.54, 1.807) is 0 Å². The lowest BCUT2D eigenvalue weighted by Crippen LogP contribution is -2.60. The Morgan fingerprint density at radius 3 is 1.64 bits per heavy atom. The van der Waals surface area contributed by atoms with Crippen molar-refractivity contribution in [2.24, 2.45) is 0 Å². The van der Waals surface area contributed by atoms with Gasteiger partial charge in [0.15, 0.2) is 0 Å². The summed E-state index contributed by atoms with van der Waals surface area (Å²) in [5.74, 6) is 2.44. The number of hydrogen-bond donors (Lipinski definition) is 0. The van der Waals surface area contributed by atoms with E-state index in [9.17, 15) is 0 Å². The first kappa shape index (κ1) is 33.5. The predicted octanol–water partition coefficient (Wildman–Crippen LogP) is 11.6. The first-order chi connectivity index (χ1) is 25.0. The van der Waals surface area contributed by atoms with Gasteiger partial charge < -0.3 is 0 Å². The topological polar surface area (TPSA) is 39.5 Å². The number of nitrogens with zero attached hydrogens (tertiary/aromatic N) is 5. The van der Waals surface area contributed by atoms with Crippen molar-refractivity contribution in [1.82, 2.24) is 19.1 Å². The number of para-hydroxylation sites is 2. The van der Waals surface area contributed by atoms with Crippen LogP contribution < -0.4 is 4.57 Å². The Kier molecular flexibility index (Phi) is 6.89. The van der Waals surface area contributed by atoms with Crippen LogP contribution in [0.25, 0.3) is 66.9 Å². The average Bonchev–Trinajstić information content (AvgIpc) is 3.62. The molecule has 3 aromatic heterocycles. The van der Waals surface area contributed by atoms with E-state index in [0.29, 0.717) is 5.95 Å². The molecule has 0 atom stereocenters. The molecule has 5 aromatic carbocycles. The summed E-state index contributed by atoms with van der Waals surface area (Å²) in [6.07, 6.45) is 0. The fourth-order valence-electron chi connectivity index (χ4n) is 8.58. The second kappa shape index (κ2) is 10.9. The quantitative estimate of drug-likeness (QED) is 0.169. The minimum absolute atomic E-state index is 0.0104. The van der Waals surface area contributed by atoms with Gasteiger partial charge in [0, 0.05) is 32.7 Å². The Morgan fingerprint density at radius 1 is 0.528 bits per heavy atom. The Balaban J connectivity index is 1.50. The molecule has 0 saturated carbocycles. The molecule has 8 aromatic rings. The Hall–Kier alpha value is -5.29. The Bertz CT molecular complexity index is 2790. The van der Waals surface area contributed by atoms with Crippen molar-refractivity contribution in [3.63, 3.8) is 0 Å². The van der Waals surface area contributed by atoms with E-state index in [2.05, 4.69) is 193 Å². The molecule has 5 nitrogen and oxygen atoms in total. The molecule has 0 N–H and O–H groups in total. The molecule has 0 saturated heterocycles. The molecule has 266 valence electrons. The number of fused-ring (bicyclic) bond motifs is 8. The normalized spacial score (nSPS) is 14.5. The van der Waals surface area contributed by atoms with E-state index >= 15 is 0 Å². The van der Waals surface area contributed by atoms with Gasteiger partial charge >= 0.3 is 11.9 Å². The first-order valence-corrected chi connectivity index (χ1v) is 19.0. The maximum absolute atomic E-state index is 5.73. The zero-order valence-corrected chi connectivity index (χ0v) is 33.1. The van der Waals surface area contributed by atoms with Gasteiger partial charge in [0.05, 0.1) is 11.0 Å². The van der Waals surface area contributed by atoms with Gasteiger partial charge in [-0.3, -0.25) is 4.57 Å². The lowest BCUT2D eigenvalue weighted by Gasteiger charge is -2.34. The van der Waals surface area contributed by atoms with Crippen LogP contribution in [0.1, 0.15) is 98.4 Å². The van der Waals surface area contributed by atoms with Gasteiger partial charge in [-0.1, -0.05) is 133 Å². The third kappa shape index (κ3) is 4.85. The highest BCUT2D eigenvalue weighted by Gasteiger charge is 2.44. The van der Waals surface area contributed by atoms with E-state index in [4.69, 9.17) is 9.97 Å². The molecule has 9 rings (SSSR count). The molecular formula is C48H50N5+. The molecule has 0 spiro atoms. The van der Waals surface area contributed by atoms with Crippen molar-refractivity contribution in [2.45, 2.75) is 97.9 Å². The van der Waals surface area contributed by atoms with Crippen molar-refractivity contribution in [2.75, 3.05) is 0 Å². The lowest BCUT2D eigenvalue weighted by atomic mass is 9.79. The van der Waals surface area contributed by atoms with E-state index < -0.39 is 5.54 Å². The summed E-state index contributed by atoms with van der Waals surface area (Å²) in [5.41, 5.74) is 10.3. The summed E-state index contributed by atoms with van der Waals surface area (Å²) in [5, 5.41) is 4.96. The van der Waals surface area contributed by atoms with Gasteiger partial charge in [0.2, 0.25) is 5.82 Å². The summed E-state index contributed by atoms with van der Waals surface area (Å²) in [6.45, 7) is 25.5. The van der Waals surface area contributed by atoms with Gasteiger partial charge in [-0.25, -0.2) is 9.13 Å². The van der Waals surface area contributed by atoms with Crippen molar-refractivity contribution in [3.8, 4) is 23.3 Å². The van der Waals surface area contributed by atoms with Crippen LogP contribution in [0.3, 0.4) is 0 Å². The molecule has 0 aliphatic carbocycles. The second-order valence-electron chi connectivity index (χ2n) is 18.7. The molecule has 5 heteroatoms. The van der Waals surface area contributed by atoms with Crippen LogP contribution in [-0.4, -0.2) is 19.1 Å². The zero-order chi connectivity index (χ0) is 37.4. The Labute approximate surface area is 313 Å². The molecule has 0 amide bonds. The van der Waals surface area contributed by atoms with Crippen LogP contribution in [-0.2, 0) is 21.8 Å². The summed E-state index contributed by atoms with van der Waals surface area (Å²) < 4.78 is 7.15. The zero-order valence-electron chi connectivity index (χ0n) is 33.1. The number of benzene rings is 5. The SMILES string of the molecule is CC(C)(C)c1cc(C(C)(C)C)c2c(c1)c1ccccc1n2-c1nc(-c2ccccc2)[n+]2c(n1)-n1c3ccccc3c3cc(C(C)(C)C)cc(c31)C2(C)C. The minimum Gasteiger partial charge on any atom is -0.256 e. The number of aromatic nitrogens is 5. The molecule has 4 heterocycles. The standard InChI is InChI=1S/C48H50N5/c1-45(2,3)30-25-34-32-21-15-17-23-38(32)51(40(34)36(27-30)47(7,8)9)43-49-42(29-19-13-12-14-20-29)53-44(50-43)52-39-24-18-16-22-33(39)35-26-31(46(4,5)6)28-37(41(35)52)48(53,10)11/h12-28H,1-11H3/q+1. The van der Waals surface area contributed by atoms with Gasteiger partial charge in [-0.15, -0.1) is 0 Å². The van der Waals surface area contributed by atoms with Crippen LogP contribution in [0.5, 0.6) is 0 Å². The number of rotatable bonds is 2. The van der Waals surface area contributed by atoms with Crippen molar-refractivity contribution >= 4 is 43.6 Å². The highest BCUT2D eigenvalue weighted by Crippen LogP contribution is 2.45. The summed E-state index contributed by atoms with van der Waals surface area (Å²) in [7, 11) is 0. The molecular weight excluding hydrogens is 647 g/mol. The molecule has 0 fully saturated rings. The van der Waals surface area contributed by atoms with Crippen LogP contribution in [0, 0.1) is 0 Å². The molecule has 1 aliphatic rings. The molecule has 0 radical (unpaired) electrons. The van der Waals surface area contributed by atoms with Gasteiger partial charge in [-0.2, -0.15) is 0 Å². The Morgan fingerprint density at radius 2 is 1.06 bits per heavy atom. The predicted molar refractivity (Wildman–Crippen MR) is 221 cm³/mol. The lowest BCUT2D eigenvalue weighted by molar-refractivity contribution is -0.737. The van der Waals surface area contributed by atoms with E-state index in [-0.39, 0.29) is 16.2 Å². The fraction of sp³-hybridized carbons (Fsp3) is 0.312. The average molecular weight is 697 g/mol. The van der Waals surface area contributed by atoms with Crippen molar-refractivity contribution in [1.29, 1.82) is 0 Å². The van der Waals surface area contributed by atoms with Crippen LogP contribution >= 0.6 is 0 Å². The van der Waals surface area contributed by atoms with Gasteiger partial charge in [0.1, 0.15) is 16.6 Å². The molecule has 0 unspecified atom stereocenters. The monoisotopic (exact) mass is 696 g/mol. The maximum Gasteiger partial charge on any atom is 0.365 e. The highest BCUT2D eigenvalue weighted by molar-refractivity contribution is 6.12. The van der Waals surface area contributed by atoms with Crippen LogP contribution in [0.2, 0.25) is 0 Å². The molecule has 1 aliphatic heterocycles. The van der Waals surface area contributed by atoms with E-state index in [0.717, 1.165) is 28.4 Å². The van der Waals surface area contributed by atoms with Crippen LogP contribution in [0.4, 0.5) is 0 Å². The highest BCUT2D eigenvalue weighted by atomic mass is 15.3.